The van der Waals surface area contributed by atoms with Gasteiger partial charge in [-0.3, -0.25) is 9.59 Å². The molecular weight excluding hydrogens is 611 g/mol. The second kappa shape index (κ2) is 12.4. The molecule has 1 saturated heterocycles. The number of halogens is 5. The van der Waals surface area contributed by atoms with Gasteiger partial charge < -0.3 is 19.7 Å². The molecule has 240 valence electrons. The molecule has 0 spiro atoms. The minimum atomic E-state index is -4.39. The molecule has 0 saturated carbocycles. The van der Waals surface area contributed by atoms with Crippen LogP contribution in [0.5, 0.6) is 0 Å². The average Bonchev–Trinajstić information content (AvgIpc) is 3.61. The molecule has 3 aromatic rings. The van der Waals surface area contributed by atoms with Gasteiger partial charge in [-0.1, -0.05) is 0 Å². The lowest BCUT2D eigenvalue weighted by molar-refractivity contribution is -0.149. The Morgan fingerprint density at radius 3 is 2.48 bits per heavy atom. The van der Waals surface area contributed by atoms with Gasteiger partial charge in [-0.15, -0.1) is 0 Å². The first kappa shape index (κ1) is 30.9. The van der Waals surface area contributed by atoms with E-state index in [1.165, 1.54) is 29.3 Å². The number of carbonyl (C=O) groups excluding carboxylic acids is 2. The highest BCUT2D eigenvalue weighted by Gasteiger charge is 2.35. The minimum Gasteiger partial charge on any atom is -0.343 e. The SMILES string of the molecule is CN1C(NC(=O)c2ccnc(F)c2)=CN2N=C(c3c(-c4ccc(F)cc4)ncn3C3CCN(C(=O)CCC(F)(F)F)CC3)C=CC21. The summed E-state index contributed by atoms with van der Waals surface area (Å²) in [5, 5.41) is 9.28. The van der Waals surface area contributed by atoms with E-state index in [0.29, 0.717) is 54.4 Å². The Labute approximate surface area is 260 Å². The first-order valence-electron chi connectivity index (χ1n) is 14.6. The van der Waals surface area contributed by atoms with Crippen molar-refractivity contribution < 1.29 is 31.5 Å². The molecule has 1 aromatic carbocycles. The van der Waals surface area contributed by atoms with Gasteiger partial charge in [-0.2, -0.15) is 22.7 Å². The number of amides is 2. The monoisotopic (exact) mass is 640 g/mol. The minimum absolute atomic E-state index is 0.104. The number of hydrazone groups is 1. The standard InChI is InChI=1S/C31H29F5N8O2/c1-41-25(39-30(46)20-9-13-37-24(33)16-20)17-44-26(41)7-6-23(40-44)29-28(19-2-4-21(32)5-3-19)38-18-43(29)22-10-14-42(15-11-22)27(45)8-12-31(34,35)36/h2-7,9,13,16-18,22,26H,8,10-12,14-15H2,1H3,(H,39,46). The van der Waals surface area contributed by atoms with Crippen molar-refractivity contribution in [3.05, 3.63) is 96.1 Å². The van der Waals surface area contributed by atoms with Gasteiger partial charge in [-0.25, -0.2) is 19.4 Å². The van der Waals surface area contributed by atoms with Gasteiger partial charge in [0, 0.05) is 56.0 Å². The van der Waals surface area contributed by atoms with Gasteiger partial charge in [0.2, 0.25) is 11.9 Å². The third kappa shape index (κ3) is 6.48. The maximum Gasteiger partial charge on any atom is 0.389 e. The second-order valence-corrected chi connectivity index (χ2v) is 11.2. The molecule has 6 rings (SSSR count). The number of imidazole rings is 1. The number of hydrogen-bond acceptors (Lipinski definition) is 7. The van der Waals surface area contributed by atoms with Crippen molar-refractivity contribution in [1.29, 1.82) is 0 Å². The Hall–Kier alpha value is -5.08. The molecule has 3 aliphatic rings. The lowest BCUT2D eigenvalue weighted by atomic mass is 10.0. The Morgan fingerprint density at radius 1 is 1.04 bits per heavy atom. The fraction of sp³-hybridized carbons (Fsp3) is 0.323. The highest BCUT2D eigenvalue weighted by Crippen LogP contribution is 2.33. The fourth-order valence-corrected chi connectivity index (χ4v) is 5.74. The van der Waals surface area contributed by atoms with Crippen molar-refractivity contribution in [3.8, 4) is 11.3 Å². The van der Waals surface area contributed by atoms with Crippen LogP contribution in [0.25, 0.3) is 11.3 Å². The normalized spacial score (nSPS) is 18.4. The van der Waals surface area contributed by atoms with Crippen molar-refractivity contribution in [2.75, 3.05) is 20.1 Å². The largest absolute Gasteiger partial charge is 0.389 e. The molecule has 1 N–H and O–H groups in total. The second-order valence-electron chi connectivity index (χ2n) is 11.2. The summed E-state index contributed by atoms with van der Waals surface area (Å²) in [6.07, 6.45) is 2.70. The van der Waals surface area contributed by atoms with Crippen LogP contribution in [0.2, 0.25) is 0 Å². The Kier molecular flexibility index (Phi) is 8.32. The lowest BCUT2D eigenvalue weighted by Crippen LogP contribution is -2.40. The van der Waals surface area contributed by atoms with E-state index in [4.69, 9.17) is 5.10 Å². The number of fused-ring (bicyclic) bond motifs is 1. The number of nitrogens with one attached hydrogen (secondary N) is 1. The lowest BCUT2D eigenvalue weighted by Gasteiger charge is -2.34. The van der Waals surface area contributed by atoms with E-state index in [-0.39, 0.29) is 17.8 Å². The van der Waals surface area contributed by atoms with Gasteiger partial charge in [0.25, 0.3) is 5.91 Å². The average molecular weight is 641 g/mol. The molecule has 1 atom stereocenters. The number of allylic oxidation sites excluding steroid dienone is 1. The summed E-state index contributed by atoms with van der Waals surface area (Å²) in [5.41, 5.74) is 2.48. The number of benzene rings is 1. The van der Waals surface area contributed by atoms with E-state index < -0.39 is 42.6 Å². The van der Waals surface area contributed by atoms with Crippen LogP contribution in [-0.4, -0.2) is 79.3 Å². The van der Waals surface area contributed by atoms with E-state index in [2.05, 4.69) is 15.3 Å². The first-order valence-corrected chi connectivity index (χ1v) is 14.6. The molecule has 1 unspecified atom stereocenters. The zero-order valence-electron chi connectivity index (χ0n) is 24.6. The van der Waals surface area contributed by atoms with Crippen molar-refractivity contribution in [3.63, 3.8) is 0 Å². The number of likely N-dealkylation sites (tertiary alicyclic amines) is 1. The molecule has 0 aliphatic carbocycles. The van der Waals surface area contributed by atoms with Gasteiger partial charge in [0.15, 0.2) is 0 Å². The molecule has 3 aliphatic heterocycles. The zero-order chi connectivity index (χ0) is 32.6. The molecule has 2 aromatic heterocycles. The number of piperidine rings is 1. The van der Waals surface area contributed by atoms with Crippen molar-refractivity contribution in [2.45, 2.75) is 44.1 Å². The van der Waals surface area contributed by atoms with Gasteiger partial charge in [-0.05, 0) is 55.3 Å². The van der Waals surface area contributed by atoms with Crippen LogP contribution in [0.15, 0.2) is 78.2 Å². The number of hydrogen-bond donors (Lipinski definition) is 1. The summed E-state index contributed by atoms with van der Waals surface area (Å²) in [6, 6.07) is 8.20. The van der Waals surface area contributed by atoms with Crippen LogP contribution in [-0.2, 0) is 4.79 Å². The van der Waals surface area contributed by atoms with E-state index in [1.807, 2.05) is 16.7 Å². The molecule has 0 bridgehead atoms. The van der Waals surface area contributed by atoms with Crippen molar-refractivity contribution in [2.24, 2.45) is 5.10 Å². The molecule has 46 heavy (non-hydrogen) atoms. The van der Waals surface area contributed by atoms with E-state index in [0.717, 1.165) is 6.07 Å². The van der Waals surface area contributed by atoms with Gasteiger partial charge in [0.05, 0.1) is 30.3 Å². The third-order valence-corrected chi connectivity index (χ3v) is 8.17. The highest BCUT2D eigenvalue weighted by molar-refractivity contribution is 6.11. The Balaban J connectivity index is 1.26. The van der Waals surface area contributed by atoms with Crippen LogP contribution >= 0.6 is 0 Å². The summed E-state index contributed by atoms with van der Waals surface area (Å²) in [7, 11) is 1.77. The molecule has 1 fully saturated rings. The van der Waals surface area contributed by atoms with E-state index in [9.17, 15) is 31.5 Å². The van der Waals surface area contributed by atoms with Crippen LogP contribution in [0.1, 0.15) is 47.8 Å². The van der Waals surface area contributed by atoms with Gasteiger partial charge >= 0.3 is 6.18 Å². The maximum absolute atomic E-state index is 13.8. The van der Waals surface area contributed by atoms with Gasteiger partial charge in [0.1, 0.15) is 23.5 Å². The number of nitrogens with zero attached hydrogens (tertiary/aromatic N) is 7. The van der Waals surface area contributed by atoms with E-state index in [1.54, 1.807) is 41.6 Å². The van der Waals surface area contributed by atoms with E-state index >= 15 is 0 Å². The summed E-state index contributed by atoms with van der Waals surface area (Å²) < 4.78 is 67.3. The maximum atomic E-state index is 13.8. The predicted molar refractivity (Wildman–Crippen MR) is 157 cm³/mol. The third-order valence-electron chi connectivity index (χ3n) is 8.17. The molecule has 2 amide bonds. The number of carbonyl (C=O) groups is 2. The number of rotatable bonds is 7. The first-order chi connectivity index (χ1) is 22.0. The number of aromatic nitrogens is 3. The van der Waals surface area contributed by atoms with Crippen molar-refractivity contribution in [1.82, 2.24) is 34.7 Å². The van der Waals surface area contributed by atoms with Crippen LogP contribution in [0.3, 0.4) is 0 Å². The van der Waals surface area contributed by atoms with Crippen molar-refractivity contribution >= 4 is 17.5 Å². The molecular formula is C31H29F5N8O2. The predicted octanol–water partition coefficient (Wildman–Crippen LogP) is 4.81. The smallest absolute Gasteiger partial charge is 0.343 e. The van der Waals surface area contributed by atoms with Crippen LogP contribution in [0.4, 0.5) is 22.0 Å². The summed E-state index contributed by atoms with van der Waals surface area (Å²) in [5.74, 6) is -1.80. The number of likely N-dealkylation sites (N-methyl/N-ethyl adjacent to an activating group) is 1. The highest BCUT2D eigenvalue weighted by atomic mass is 19.4. The van der Waals surface area contributed by atoms with Crippen LogP contribution < -0.4 is 5.32 Å². The summed E-state index contributed by atoms with van der Waals surface area (Å²) >= 11 is 0. The summed E-state index contributed by atoms with van der Waals surface area (Å²) in [6.45, 7) is 0.582. The summed E-state index contributed by atoms with van der Waals surface area (Å²) in [4.78, 5) is 36.6. The van der Waals surface area contributed by atoms with Crippen LogP contribution in [0, 0.1) is 11.8 Å². The molecule has 15 heteroatoms. The Bertz CT molecular complexity index is 1720. The zero-order valence-corrected chi connectivity index (χ0v) is 24.6. The molecule has 5 heterocycles. The molecule has 0 radical (unpaired) electrons. The number of pyridine rings is 1. The Morgan fingerprint density at radius 2 is 1.78 bits per heavy atom. The molecule has 10 nitrogen and oxygen atoms in total. The topological polar surface area (TPSA) is 99.0 Å². The number of alkyl halides is 3. The fourth-order valence-electron chi connectivity index (χ4n) is 5.74. The quantitative estimate of drug-likeness (QED) is 0.294.